The maximum Gasteiger partial charge on any atom is 0.277 e. The number of rotatable bonds is 7. The van der Waals surface area contributed by atoms with Gasteiger partial charge in [0.25, 0.3) is 11.8 Å². The summed E-state index contributed by atoms with van der Waals surface area (Å²) in [5, 5.41) is 0. The number of hydrogen-bond donors (Lipinski definition) is 0. The van der Waals surface area contributed by atoms with Crippen molar-refractivity contribution in [3.63, 3.8) is 0 Å². The number of methoxy groups -OCH3 is 2. The Bertz CT molecular complexity index is 1060. The number of ether oxygens (including phenoxy) is 3. The van der Waals surface area contributed by atoms with Crippen molar-refractivity contribution in [1.29, 1.82) is 0 Å². The smallest absolute Gasteiger partial charge is 0.277 e. The van der Waals surface area contributed by atoms with Crippen LogP contribution < -0.4 is 9.47 Å². The van der Waals surface area contributed by atoms with Gasteiger partial charge in [0.15, 0.2) is 11.5 Å². The van der Waals surface area contributed by atoms with Gasteiger partial charge in [0.05, 0.1) is 32.0 Å². The Morgan fingerprint density at radius 2 is 1.58 bits per heavy atom. The first-order valence-corrected chi connectivity index (χ1v) is 11.2. The molecule has 2 atom stereocenters. The lowest BCUT2D eigenvalue weighted by atomic mass is 10.0. The first-order valence-electron chi connectivity index (χ1n) is 11.2. The van der Waals surface area contributed by atoms with Gasteiger partial charge >= 0.3 is 0 Å². The van der Waals surface area contributed by atoms with Crippen LogP contribution in [0.4, 0.5) is 0 Å². The number of amides is 2. The third-order valence-electron chi connectivity index (χ3n) is 6.02. The largest absolute Gasteiger partial charge is 0.493 e. The van der Waals surface area contributed by atoms with Crippen LogP contribution in [0.25, 0.3) is 5.57 Å². The van der Waals surface area contributed by atoms with Crippen LogP contribution in [0.5, 0.6) is 11.5 Å². The van der Waals surface area contributed by atoms with E-state index in [0.29, 0.717) is 54.4 Å². The molecule has 2 unspecified atom stereocenters. The van der Waals surface area contributed by atoms with E-state index in [0.717, 1.165) is 5.56 Å². The van der Waals surface area contributed by atoms with Crippen LogP contribution in [0.3, 0.4) is 0 Å². The van der Waals surface area contributed by atoms with Gasteiger partial charge in [0.1, 0.15) is 5.70 Å². The van der Waals surface area contributed by atoms with Gasteiger partial charge in [0, 0.05) is 19.6 Å². The summed E-state index contributed by atoms with van der Waals surface area (Å²) in [5.74, 6) is 0.523. The van der Waals surface area contributed by atoms with Crippen LogP contribution in [0.2, 0.25) is 0 Å². The molecule has 7 nitrogen and oxygen atoms in total. The number of morpholine rings is 1. The summed E-state index contributed by atoms with van der Waals surface area (Å²) in [6.07, 6.45) is 0.504. The third kappa shape index (κ3) is 4.59. The average Bonchev–Trinajstić information content (AvgIpc) is 3.06. The number of benzene rings is 2. The van der Waals surface area contributed by atoms with Crippen molar-refractivity contribution in [2.75, 3.05) is 33.9 Å². The fourth-order valence-electron chi connectivity index (χ4n) is 4.56. The molecule has 33 heavy (non-hydrogen) atoms. The van der Waals surface area contributed by atoms with Crippen molar-refractivity contribution in [1.82, 2.24) is 9.80 Å². The lowest BCUT2D eigenvalue weighted by Gasteiger charge is -2.37. The quantitative estimate of drug-likeness (QED) is 0.604. The first kappa shape index (κ1) is 22.9. The second-order valence-corrected chi connectivity index (χ2v) is 8.45. The van der Waals surface area contributed by atoms with E-state index in [1.807, 2.05) is 49.1 Å². The lowest BCUT2D eigenvalue weighted by Crippen LogP contribution is -2.47. The Labute approximate surface area is 194 Å². The van der Waals surface area contributed by atoms with Crippen molar-refractivity contribution < 1.29 is 23.8 Å². The van der Waals surface area contributed by atoms with Crippen LogP contribution >= 0.6 is 0 Å². The lowest BCUT2D eigenvalue weighted by molar-refractivity contribution is -0.138. The third-order valence-corrected chi connectivity index (χ3v) is 6.02. The monoisotopic (exact) mass is 450 g/mol. The van der Waals surface area contributed by atoms with Crippen molar-refractivity contribution in [3.05, 3.63) is 65.4 Å². The molecule has 0 N–H and O–H groups in total. The standard InChI is InChI=1S/C26H30N2O5/c1-17-15-27(16-18(2)33-17)24-23(20-10-11-21(31-3)22(14-20)32-4)25(29)28(26(24)30)13-12-19-8-6-5-7-9-19/h5-11,14,17-18H,12-13,15-16H2,1-4H3. The van der Waals surface area contributed by atoms with Gasteiger partial charge in [0.2, 0.25) is 0 Å². The highest BCUT2D eigenvalue weighted by Gasteiger charge is 2.43. The molecule has 4 rings (SSSR count). The van der Waals surface area contributed by atoms with E-state index in [9.17, 15) is 9.59 Å². The summed E-state index contributed by atoms with van der Waals surface area (Å²) in [6.45, 7) is 5.36. The number of carbonyl (C=O) groups is 2. The summed E-state index contributed by atoms with van der Waals surface area (Å²) in [4.78, 5) is 30.6. The van der Waals surface area contributed by atoms with Crippen LogP contribution in [0.15, 0.2) is 54.2 Å². The van der Waals surface area contributed by atoms with E-state index in [1.54, 1.807) is 32.4 Å². The average molecular weight is 451 g/mol. The Morgan fingerprint density at radius 1 is 0.909 bits per heavy atom. The van der Waals surface area contributed by atoms with E-state index in [4.69, 9.17) is 14.2 Å². The highest BCUT2D eigenvalue weighted by molar-refractivity contribution is 6.35. The minimum atomic E-state index is -0.287. The molecule has 2 amide bonds. The van der Waals surface area contributed by atoms with Gasteiger partial charge in [-0.25, -0.2) is 0 Å². The van der Waals surface area contributed by atoms with Crippen LogP contribution in [0, 0.1) is 0 Å². The summed E-state index contributed by atoms with van der Waals surface area (Å²) in [6, 6.07) is 15.2. The fourth-order valence-corrected chi connectivity index (χ4v) is 4.56. The molecule has 0 spiro atoms. The summed E-state index contributed by atoms with van der Waals surface area (Å²) in [5.41, 5.74) is 2.54. The second kappa shape index (κ2) is 9.67. The molecule has 2 heterocycles. The number of carbonyl (C=O) groups excluding carboxylic acids is 2. The maximum atomic E-state index is 13.6. The highest BCUT2D eigenvalue weighted by atomic mass is 16.5. The van der Waals surface area contributed by atoms with Crippen molar-refractivity contribution in [3.8, 4) is 11.5 Å². The van der Waals surface area contributed by atoms with Crippen LogP contribution in [-0.2, 0) is 20.7 Å². The predicted molar refractivity (Wildman–Crippen MR) is 125 cm³/mol. The van der Waals surface area contributed by atoms with Crippen LogP contribution in [-0.4, -0.2) is 67.7 Å². The Hall–Kier alpha value is -3.32. The van der Waals surface area contributed by atoms with Gasteiger partial charge < -0.3 is 19.1 Å². The van der Waals surface area contributed by atoms with E-state index in [1.165, 1.54) is 4.90 Å². The molecule has 0 aliphatic carbocycles. The summed E-state index contributed by atoms with van der Waals surface area (Å²) >= 11 is 0. The van der Waals surface area contributed by atoms with Crippen molar-refractivity contribution >= 4 is 17.4 Å². The topological polar surface area (TPSA) is 68.3 Å². The molecule has 2 aromatic carbocycles. The minimum Gasteiger partial charge on any atom is -0.493 e. The molecule has 7 heteroatoms. The number of hydrogen-bond acceptors (Lipinski definition) is 6. The Morgan fingerprint density at radius 3 is 2.21 bits per heavy atom. The SMILES string of the molecule is COc1ccc(C2=C(N3CC(C)OC(C)C3)C(=O)N(CCc3ccccc3)C2=O)cc1OC. The molecule has 1 saturated heterocycles. The molecule has 2 aliphatic heterocycles. The Balaban J connectivity index is 1.73. The van der Waals surface area contributed by atoms with Crippen molar-refractivity contribution in [2.24, 2.45) is 0 Å². The van der Waals surface area contributed by atoms with E-state index < -0.39 is 0 Å². The van der Waals surface area contributed by atoms with Gasteiger partial charge in [-0.3, -0.25) is 14.5 Å². The molecular weight excluding hydrogens is 420 g/mol. The number of imide groups is 1. The van der Waals surface area contributed by atoms with Gasteiger partial charge in [-0.2, -0.15) is 0 Å². The fraction of sp³-hybridized carbons (Fsp3) is 0.385. The minimum absolute atomic E-state index is 0.0471. The zero-order valence-electron chi connectivity index (χ0n) is 19.5. The molecule has 0 bridgehead atoms. The summed E-state index contributed by atoms with van der Waals surface area (Å²) < 4.78 is 16.7. The molecule has 0 radical (unpaired) electrons. The van der Waals surface area contributed by atoms with E-state index in [-0.39, 0.29) is 24.0 Å². The van der Waals surface area contributed by atoms with Crippen molar-refractivity contribution in [2.45, 2.75) is 32.5 Å². The van der Waals surface area contributed by atoms with Crippen LogP contribution in [0.1, 0.15) is 25.0 Å². The van der Waals surface area contributed by atoms with E-state index in [2.05, 4.69) is 0 Å². The predicted octanol–water partition coefficient (Wildman–Crippen LogP) is 3.14. The molecule has 1 fully saturated rings. The van der Waals surface area contributed by atoms with Gasteiger partial charge in [-0.15, -0.1) is 0 Å². The zero-order chi connectivity index (χ0) is 23.5. The highest BCUT2D eigenvalue weighted by Crippen LogP contribution is 2.37. The molecule has 2 aliphatic rings. The molecule has 174 valence electrons. The first-order chi connectivity index (χ1) is 15.9. The zero-order valence-corrected chi connectivity index (χ0v) is 19.5. The molecule has 2 aromatic rings. The summed E-state index contributed by atoms with van der Waals surface area (Å²) in [7, 11) is 3.12. The van der Waals surface area contributed by atoms with E-state index >= 15 is 0 Å². The molecule has 0 saturated carbocycles. The van der Waals surface area contributed by atoms with Gasteiger partial charge in [-0.05, 0) is 43.5 Å². The normalized spacial score (nSPS) is 21.1. The molecular formula is C26H30N2O5. The maximum absolute atomic E-state index is 13.6. The number of nitrogens with zero attached hydrogens (tertiary/aromatic N) is 2. The second-order valence-electron chi connectivity index (χ2n) is 8.45. The van der Waals surface area contributed by atoms with Gasteiger partial charge in [-0.1, -0.05) is 36.4 Å². The molecule has 0 aromatic heterocycles. The Kier molecular flexibility index (Phi) is 6.70.